The van der Waals surface area contributed by atoms with Crippen molar-refractivity contribution in [2.75, 3.05) is 6.61 Å². The lowest BCUT2D eigenvalue weighted by molar-refractivity contribution is -0.253. The number of hydrogen-bond donors (Lipinski definition) is 1. The number of esters is 4. The number of carbonyl (C=O) groups excluding carboxylic acids is 4. The average molecular weight is 404 g/mol. The summed E-state index contributed by atoms with van der Waals surface area (Å²) < 4.78 is 26.3. The minimum Gasteiger partial charge on any atom is -0.481 e. The topological polar surface area (TPSA) is 152 Å². The summed E-state index contributed by atoms with van der Waals surface area (Å²) in [7, 11) is 0. The second-order valence-electron chi connectivity index (χ2n) is 6.17. The van der Waals surface area contributed by atoms with Crippen LogP contribution in [0.15, 0.2) is 0 Å². The summed E-state index contributed by atoms with van der Waals surface area (Å²) in [6.45, 7) is 4.16. The highest BCUT2D eigenvalue weighted by Crippen LogP contribution is 2.31. The monoisotopic (exact) mass is 404 g/mol. The lowest BCUT2D eigenvalue weighted by Gasteiger charge is -2.44. The third-order valence-electron chi connectivity index (χ3n) is 3.73. The van der Waals surface area contributed by atoms with Gasteiger partial charge in [0.05, 0.1) is 6.10 Å². The van der Waals surface area contributed by atoms with Gasteiger partial charge in [0.1, 0.15) is 12.7 Å². The molecule has 0 aromatic carbocycles. The first kappa shape index (κ1) is 23.3. The molecule has 0 aromatic rings. The van der Waals surface area contributed by atoms with Gasteiger partial charge < -0.3 is 28.8 Å². The maximum absolute atomic E-state index is 11.6. The van der Waals surface area contributed by atoms with Gasteiger partial charge in [0.25, 0.3) is 0 Å². The van der Waals surface area contributed by atoms with Gasteiger partial charge in [-0.2, -0.15) is 0 Å². The average Bonchev–Trinajstić information content (AvgIpc) is 2.54. The predicted molar refractivity (Wildman–Crippen MR) is 88.8 cm³/mol. The van der Waals surface area contributed by atoms with E-state index in [0.717, 1.165) is 27.7 Å². The van der Waals surface area contributed by atoms with Gasteiger partial charge in [-0.3, -0.25) is 24.0 Å². The van der Waals surface area contributed by atoms with Gasteiger partial charge in [0, 0.05) is 34.1 Å². The normalized spacial score (nSPS) is 26.6. The number of rotatable bonds is 8. The summed E-state index contributed by atoms with van der Waals surface area (Å²) in [6.07, 6.45) is -6.23. The van der Waals surface area contributed by atoms with Crippen LogP contribution in [-0.4, -0.2) is 72.1 Å². The Bertz CT molecular complexity index is 570. The molecule has 11 heteroatoms. The Morgan fingerprint density at radius 1 is 0.750 bits per heavy atom. The number of carbonyl (C=O) groups is 5. The van der Waals surface area contributed by atoms with E-state index in [2.05, 4.69) is 0 Å². The molecule has 0 amide bonds. The Hall–Kier alpha value is -2.69. The highest BCUT2D eigenvalue weighted by molar-refractivity contribution is 5.69. The van der Waals surface area contributed by atoms with Crippen molar-refractivity contribution in [1.82, 2.24) is 0 Å². The van der Waals surface area contributed by atoms with Crippen LogP contribution in [0.1, 0.15) is 40.5 Å². The molecule has 0 aliphatic carbocycles. The van der Waals surface area contributed by atoms with E-state index in [-0.39, 0.29) is 19.4 Å². The lowest BCUT2D eigenvalue weighted by Crippen LogP contribution is -2.62. The first-order valence-corrected chi connectivity index (χ1v) is 8.53. The van der Waals surface area contributed by atoms with Gasteiger partial charge >= 0.3 is 29.8 Å². The highest BCUT2D eigenvalue weighted by Gasteiger charge is 2.51. The van der Waals surface area contributed by atoms with Crippen LogP contribution in [0.25, 0.3) is 0 Å². The molecule has 1 heterocycles. The van der Waals surface area contributed by atoms with Gasteiger partial charge in [-0.05, 0) is 6.42 Å². The minimum atomic E-state index is -1.28. The fourth-order valence-electron chi connectivity index (χ4n) is 2.82. The molecule has 0 aromatic heterocycles. The van der Waals surface area contributed by atoms with Crippen molar-refractivity contribution in [3.63, 3.8) is 0 Å². The number of carboxylic acids is 1. The predicted octanol–water partition coefficient (Wildman–Crippen LogP) is -0.0232. The quantitative estimate of drug-likeness (QED) is 0.429. The molecule has 1 aliphatic rings. The largest absolute Gasteiger partial charge is 0.481 e. The molecule has 5 atom stereocenters. The zero-order chi connectivity index (χ0) is 21.4. The van der Waals surface area contributed by atoms with E-state index >= 15 is 0 Å². The van der Waals surface area contributed by atoms with Crippen molar-refractivity contribution < 1.29 is 52.8 Å². The zero-order valence-electron chi connectivity index (χ0n) is 16.0. The third-order valence-corrected chi connectivity index (χ3v) is 3.73. The SMILES string of the molecule is CC(=O)OC[C@H]1O[C@H](CCC(=O)O)[C@H](OC(C)=O)[C@@H](OC(C)=O)[C@@H]1OC(C)=O. The Balaban J connectivity index is 3.26. The zero-order valence-corrected chi connectivity index (χ0v) is 16.0. The van der Waals surface area contributed by atoms with E-state index in [1.54, 1.807) is 0 Å². The molecule has 158 valence electrons. The molecule has 11 nitrogen and oxygen atoms in total. The molecule has 0 bridgehead atoms. The molecular weight excluding hydrogens is 380 g/mol. The fourth-order valence-corrected chi connectivity index (χ4v) is 2.82. The van der Waals surface area contributed by atoms with Crippen molar-refractivity contribution >= 4 is 29.8 Å². The van der Waals surface area contributed by atoms with Crippen molar-refractivity contribution in [2.24, 2.45) is 0 Å². The van der Waals surface area contributed by atoms with Crippen molar-refractivity contribution in [1.29, 1.82) is 0 Å². The number of aliphatic carboxylic acids is 1. The summed E-state index contributed by atoms with van der Waals surface area (Å²) in [5.74, 6) is -3.95. The summed E-state index contributed by atoms with van der Waals surface area (Å²) >= 11 is 0. The standard InChI is InChI=1S/C17H24O11/c1-8(18)24-7-13-16(26-10(3)20)17(27-11(4)21)15(25-9(2)19)12(28-13)5-6-14(22)23/h12-13,15-17H,5-7H2,1-4H3,(H,22,23)/t12-,13-,15+,16-,17-/m1/s1. The second kappa shape index (κ2) is 10.6. The molecule has 0 spiro atoms. The molecule has 1 aliphatic heterocycles. The first-order chi connectivity index (χ1) is 13.0. The van der Waals surface area contributed by atoms with Crippen molar-refractivity contribution in [3.05, 3.63) is 0 Å². The van der Waals surface area contributed by atoms with Gasteiger partial charge in [-0.1, -0.05) is 0 Å². The van der Waals surface area contributed by atoms with E-state index < -0.39 is 60.4 Å². The molecule has 1 saturated heterocycles. The van der Waals surface area contributed by atoms with Crippen LogP contribution in [-0.2, 0) is 47.7 Å². The molecule has 1 rings (SSSR count). The number of ether oxygens (including phenoxy) is 5. The van der Waals surface area contributed by atoms with Crippen LogP contribution in [0.2, 0.25) is 0 Å². The van der Waals surface area contributed by atoms with Gasteiger partial charge in [-0.25, -0.2) is 0 Å². The Morgan fingerprint density at radius 3 is 1.64 bits per heavy atom. The Labute approximate surface area is 161 Å². The molecular formula is C17H24O11. The summed E-state index contributed by atoms with van der Waals surface area (Å²) in [5, 5.41) is 8.95. The maximum Gasteiger partial charge on any atom is 0.303 e. The van der Waals surface area contributed by atoms with Crippen LogP contribution in [0, 0.1) is 0 Å². The summed E-state index contributed by atoms with van der Waals surface area (Å²) in [5.41, 5.74) is 0. The van der Waals surface area contributed by atoms with Gasteiger partial charge in [0.15, 0.2) is 18.3 Å². The first-order valence-electron chi connectivity index (χ1n) is 8.53. The van der Waals surface area contributed by atoms with E-state index in [0.29, 0.717) is 0 Å². The lowest BCUT2D eigenvalue weighted by atomic mass is 9.92. The second-order valence-corrected chi connectivity index (χ2v) is 6.17. The van der Waals surface area contributed by atoms with Gasteiger partial charge in [-0.15, -0.1) is 0 Å². The molecule has 0 saturated carbocycles. The minimum absolute atomic E-state index is 0.0889. The third kappa shape index (κ3) is 7.51. The van der Waals surface area contributed by atoms with E-state index in [1.807, 2.05) is 0 Å². The van der Waals surface area contributed by atoms with Crippen LogP contribution in [0.5, 0.6) is 0 Å². The number of hydrogen-bond acceptors (Lipinski definition) is 10. The Morgan fingerprint density at radius 2 is 1.21 bits per heavy atom. The van der Waals surface area contributed by atoms with Crippen LogP contribution < -0.4 is 0 Å². The maximum atomic E-state index is 11.6. The molecule has 1 N–H and O–H groups in total. The fraction of sp³-hybridized carbons (Fsp3) is 0.706. The molecule has 0 unspecified atom stereocenters. The van der Waals surface area contributed by atoms with Crippen molar-refractivity contribution in [3.8, 4) is 0 Å². The molecule has 28 heavy (non-hydrogen) atoms. The van der Waals surface area contributed by atoms with E-state index in [1.165, 1.54) is 0 Å². The Kier molecular flexibility index (Phi) is 8.83. The summed E-state index contributed by atoms with van der Waals surface area (Å²) in [6, 6.07) is 0. The molecule has 0 radical (unpaired) electrons. The highest BCUT2D eigenvalue weighted by atomic mass is 16.7. The smallest absolute Gasteiger partial charge is 0.303 e. The molecule has 1 fully saturated rings. The summed E-state index contributed by atoms with van der Waals surface area (Å²) in [4.78, 5) is 56.8. The van der Waals surface area contributed by atoms with E-state index in [9.17, 15) is 24.0 Å². The van der Waals surface area contributed by atoms with Crippen LogP contribution >= 0.6 is 0 Å². The van der Waals surface area contributed by atoms with Gasteiger partial charge in [0.2, 0.25) is 0 Å². The van der Waals surface area contributed by atoms with Crippen LogP contribution in [0.3, 0.4) is 0 Å². The number of carboxylic acid groups (broad SMARTS) is 1. The van der Waals surface area contributed by atoms with Crippen molar-refractivity contribution in [2.45, 2.75) is 71.1 Å². The van der Waals surface area contributed by atoms with E-state index in [4.69, 9.17) is 28.8 Å². The van der Waals surface area contributed by atoms with Crippen LogP contribution in [0.4, 0.5) is 0 Å².